The Bertz CT molecular complexity index is 1940. The normalized spacial score (nSPS) is 14.4. The number of benzene rings is 3. The molecule has 2 aromatic heterocycles. The number of sulfonamides is 1. The Labute approximate surface area is 270 Å². The van der Waals surface area contributed by atoms with Crippen LogP contribution in [0.25, 0.3) is 11.0 Å². The SMILES string of the molecule is NC(=O)c1nc[nH]c1C(=O)N(c1nc2ccccc2[nH]1)c1ccc(OCCCN2CCN(S(=O)(=O)c3ccccc3)CC2)cc1Cl. The number of hydrogen-bond acceptors (Lipinski definition) is 8. The number of halogens is 1. The maximum atomic E-state index is 13.8. The van der Waals surface area contributed by atoms with Crippen molar-refractivity contribution in [3.05, 3.63) is 95.5 Å². The summed E-state index contributed by atoms with van der Waals surface area (Å²) >= 11 is 6.71. The van der Waals surface area contributed by atoms with E-state index < -0.39 is 21.8 Å². The molecule has 4 N–H and O–H groups in total. The van der Waals surface area contributed by atoms with Gasteiger partial charge < -0.3 is 25.3 Å². The summed E-state index contributed by atoms with van der Waals surface area (Å²) in [5.74, 6) is -0.812. The summed E-state index contributed by atoms with van der Waals surface area (Å²) in [5, 5.41) is 0.210. The van der Waals surface area contributed by atoms with Crippen LogP contribution in [0.2, 0.25) is 5.02 Å². The third-order valence-corrected chi connectivity index (χ3v) is 9.85. The van der Waals surface area contributed by atoms with E-state index in [0.717, 1.165) is 6.54 Å². The Morgan fingerprint density at radius 3 is 2.46 bits per heavy atom. The van der Waals surface area contributed by atoms with Gasteiger partial charge in [-0.15, -0.1) is 0 Å². The Morgan fingerprint density at radius 1 is 1.00 bits per heavy atom. The van der Waals surface area contributed by atoms with Crippen molar-refractivity contribution in [2.75, 3.05) is 44.2 Å². The number of hydrogen-bond donors (Lipinski definition) is 3. The number of anilines is 2. The lowest BCUT2D eigenvalue weighted by Crippen LogP contribution is -2.48. The maximum Gasteiger partial charge on any atom is 0.284 e. The summed E-state index contributed by atoms with van der Waals surface area (Å²) in [6.45, 7) is 3.26. The van der Waals surface area contributed by atoms with Crippen LogP contribution in [0.4, 0.5) is 11.6 Å². The van der Waals surface area contributed by atoms with Gasteiger partial charge in [0.25, 0.3) is 11.8 Å². The Balaban J connectivity index is 1.10. The molecule has 0 spiro atoms. The van der Waals surface area contributed by atoms with Crippen LogP contribution in [0.15, 0.2) is 84.0 Å². The van der Waals surface area contributed by atoms with E-state index in [0.29, 0.717) is 66.6 Å². The Kier molecular flexibility index (Phi) is 9.03. The number of imidazole rings is 2. The van der Waals surface area contributed by atoms with Crippen LogP contribution in [-0.2, 0) is 10.0 Å². The number of nitrogens with two attached hydrogens (primary N) is 1. The second-order valence-electron chi connectivity index (χ2n) is 10.6. The number of carbonyl (C=O) groups excluding carboxylic acids is 2. The number of rotatable bonds is 11. The lowest BCUT2D eigenvalue weighted by atomic mass is 10.2. The number of piperazine rings is 1. The van der Waals surface area contributed by atoms with Crippen molar-refractivity contribution in [2.24, 2.45) is 5.73 Å². The highest BCUT2D eigenvalue weighted by molar-refractivity contribution is 7.89. The molecule has 6 rings (SSSR count). The Hall–Kier alpha value is -4.76. The summed E-state index contributed by atoms with van der Waals surface area (Å²) in [4.78, 5) is 43.8. The van der Waals surface area contributed by atoms with Crippen LogP contribution in [0.3, 0.4) is 0 Å². The number of nitrogens with zero attached hydrogens (tertiary/aromatic N) is 5. The summed E-state index contributed by atoms with van der Waals surface area (Å²) in [6.07, 6.45) is 1.93. The number of aromatic amines is 2. The molecule has 46 heavy (non-hydrogen) atoms. The largest absolute Gasteiger partial charge is 0.493 e. The fraction of sp³-hybridized carbons (Fsp3) is 0.226. The molecule has 2 amide bonds. The first-order valence-corrected chi connectivity index (χ1v) is 16.4. The number of primary amides is 1. The van der Waals surface area contributed by atoms with E-state index in [2.05, 4.69) is 24.8 Å². The second-order valence-corrected chi connectivity index (χ2v) is 12.9. The third-order valence-electron chi connectivity index (χ3n) is 7.64. The molecule has 0 unspecified atom stereocenters. The maximum absolute atomic E-state index is 13.8. The van der Waals surface area contributed by atoms with Gasteiger partial charge in [0, 0.05) is 38.8 Å². The van der Waals surface area contributed by atoms with Crippen molar-refractivity contribution in [3.8, 4) is 5.75 Å². The number of carbonyl (C=O) groups is 2. The van der Waals surface area contributed by atoms with E-state index in [4.69, 9.17) is 22.1 Å². The van der Waals surface area contributed by atoms with E-state index >= 15 is 0 Å². The third kappa shape index (κ3) is 6.46. The van der Waals surface area contributed by atoms with E-state index in [1.165, 1.54) is 15.5 Å². The van der Waals surface area contributed by atoms with Crippen LogP contribution in [-0.4, -0.2) is 88.7 Å². The second kappa shape index (κ2) is 13.3. The van der Waals surface area contributed by atoms with Gasteiger partial charge in [0.15, 0.2) is 5.69 Å². The smallest absolute Gasteiger partial charge is 0.284 e. The van der Waals surface area contributed by atoms with Gasteiger partial charge in [-0.3, -0.25) is 9.59 Å². The van der Waals surface area contributed by atoms with E-state index in [-0.39, 0.29) is 22.4 Å². The van der Waals surface area contributed by atoms with Gasteiger partial charge in [0.2, 0.25) is 16.0 Å². The number of para-hydroxylation sites is 2. The molecule has 1 saturated heterocycles. The Morgan fingerprint density at radius 2 is 1.74 bits per heavy atom. The highest BCUT2D eigenvalue weighted by atomic mass is 35.5. The first kappa shape index (κ1) is 31.2. The summed E-state index contributed by atoms with van der Waals surface area (Å²) in [7, 11) is -3.50. The van der Waals surface area contributed by atoms with Crippen LogP contribution in [0.5, 0.6) is 5.75 Å². The standard InChI is InChI=1S/C31H31ClN8O5S/c32-23-19-21(45-18-6-13-38-14-16-39(17-15-38)46(43,44)22-7-2-1-3-8-22)11-12-26(23)40(30(42)28-27(29(33)41)34-20-35-28)31-36-24-9-4-5-10-25(24)37-31/h1-5,7-12,19-20H,6,13-18H2,(H2,33,41)(H,34,35)(H,36,37). The predicted octanol–water partition coefficient (Wildman–Crippen LogP) is 3.79. The lowest BCUT2D eigenvalue weighted by molar-refractivity contribution is 0.0961. The topological polar surface area (TPSA) is 171 Å². The van der Waals surface area contributed by atoms with Gasteiger partial charge in [-0.1, -0.05) is 41.9 Å². The minimum atomic E-state index is -3.50. The van der Waals surface area contributed by atoms with Gasteiger partial charge in [-0.05, 0) is 42.8 Å². The quantitative estimate of drug-likeness (QED) is 0.179. The predicted molar refractivity (Wildman–Crippen MR) is 173 cm³/mol. The molecule has 15 heteroatoms. The van der Waals surface area contributed by atoms with E-state index in [1.807, 2.05) is 18.2 Å². The fourth-order valence-electron chi connectivity index (χ4n) is 5.29. The number of H-pyrrole nitrogens is 2. The average molecular weight is 663 g/mol. The van der Waals surface area contributed by atoms with Gasteiger partial charge in [0.05, 0.1) is 39.6 Å². The highest BCUT2D eigenvalue weighted by Crippen LogP contribution is 2.35. The van der Waals surface area contributed by atoms with Gasteiger partial charge in [-0.25, -0.2) is 23.3 Å². The number of ether oxygens (including phenoxy) is 1. The lowest BCUT2D eigenvalue weighted by Gasteiger charge is -2.33. The summed E-state index contributed by atoms with van der Waals surface area (Å²) < 4.78 is 33.3. The molecule has 3 heterocycles. The summed E-state index contributed by atoms with van der Waals surface area (Å²) in [6, 6.07) is 20.7. The minimum absolute atomic E-state index is 0.108. The van der Waals surface area contributed by atoms with Crippen molar-refractivity contribution in [1.82, 2.24) is 29.1 Å². The number of aromatic nitrogens is 4. The fourth-order valence-corrected chi connectivity index (χ4v) is 6.99. The molecule has 0 bridgehead atoms. The highest BCUT2D eigenvalue weighted by Gasteiger charge is 2.30. The van der Waals surface area contributed by atoms with Crippen molar-refractivity contribution in [2.45, 2.75) is 11.3 Å². The van der Waals surface area contributed by atoms with Crippen molar-refractivity contribution >= 4 is 56.1 Å². The summed E-state index contributed by atoms with van der Waals surface area (Å²) in [5.41, 5.74) is 6.76. The molecule has 0 aliphatic carbocycles. The zero-order chi connectivity index (χ0) is 32.3. The van der Waals surface area contributed by atoms with Crippen molar-refractivity contribution < 1.29 is 22.7 Å². The van der Waals surface area contributed by atoms with Crippen molar-refractivity contribution in [3.63, 3.8) is 0 Å². The number of nitrogens with one attached hydrogen (secondary N) is 2. The van der Waals surface area contributed by atoms with Gasteiger partial charge in [-0.2, -0.15) is 4.31 Å². The first-order valence-electron chi connectivity index (χ1n) is 14.5. The molecule has 13 nitrogen and oxygen atoms in total. The average Bonchev–Trinajstić information content (AvgIpc) is 3.73. The van der Waals surface area contributed by atoms with E-state index in [1.54, 1.807) is 54.6 Å². The van der Waals surface area contributed by atoms with Gasteiger partial charge >= 0.3 is 0 Å². The first-order chi connectivity index (χ1) is 22.2. The molecular weight excluding hydrogens is 632 g/mol. The molecule has 1 fully saturated rings. The van der Waals surface area contributed by atoms with Crippen LogP contribution in [0.1, 0.15) is 27.4 Å². The molecule has 0 radical (unpaired) electrons. The molecular formula is C31H31ClN8O5S. The van der Waals surface area contributed by atoms with Crippen molar-refractivity contribution in [1.29, 1.82) is 0 Å². The molecule has 0 saturated carbocycles. The molecule has 1 aliphatic heterocycles. The van der Waals surface area contributed by atoms with E-state index in [9.17, 15) is 18.0 Å². The molecule has 1 aliphatic rings. The van der Waals surface area contributed by atoms with Crippen LogP contribution in [0, 0.1) is 0 Å². The molecule has 3 aromatic carbocycles. The number of fused-ring (bicyclic) bond motifs is 1. The number of amides is 2. The minimum Gasteiger partial charge on any atom is -0.493 e. The van der Waals surface area contributed by atoms with Crippen LogP contribution >= 0.6 is 11.6 Å². The van der Waals surface area contributed by atoms with Crippen LogP contribution < -0.4 is 15.4 Å². The zero-order valence-electron chi connectivity index (χ0n) is 24.6. The zero-order valence-corrected chi connectivity index (χ0v) is 26.2. The molecule has 0 atom stereocenters. The molecule has 238 valence electrons. The molecule has 5 aromatic rings. The van der Waals surface area contributed by atoms with Gasteiger partial charge in [0.1, 0.15) is 11.4 Å². The monoisotopic (exact) mass is 662 g/mol.